The molecule has 1 aliphatic rings. The van der Waals surface area contributed by atoms with Gasteiger partial charge in [-0.3, -0.25) is 0 Å². The fourth-order valence-electron chi connectivity index (χ4n) is 2.78. The molecule has 0 aromatic heterocycles. The summed E-state index contributed by atoms with van der Waals surface area (Å²) in [5.41, 5.74) is 1.11. The molecule has 114 valence electrons. The highest BCUT2D eigenvalue weighted by Crippen LogP contribution is 2.26. The Morgan fingerprint density at radius 2 is 2.10 bits per heavy atom. The Labute approximate surface area is 125 Å². The second-order valence-corrected chi connectivity index (χ2v) is 7.26. The van der Waals surface area contributed by atoms with Gasteiger partial charge in [0.25, 0.3) is 0 Å². The zero-order valence-electron chi connectivity index (χ0n) is 12.0. The minimum atomic E-state index is -3.62. The average Bonchev–Trinajstić information content (AvgIpc) is 2.47. The summed E-state index contributed by atoms with van der Waals surface area (Å²) in [4.78, 5) is 0.168. The highest BCUT2D eigenvalue weighted by atomic mass is 32.2. The topological polar surface area (TPSA) is 90.2 Å². The summed E-state index contributed by atoms with van der Waals surface area (Å²) in [5, 5.41) is 18.3. The molecule has 0 bridgehead atoms. The third-order valence-electron chi connectivity index (χ3n) is 4.08. The number of hydrogen-bond donors (Lipinski definition) is 2. The van der Waals surface area contributed by atoms with E-state index >= 15 is 0 Å². The van der Waals surface area contributed by atoms with Crippen LogP contribution in [0.5, 0.6) is 0 Å². The summed E-state index contributed by atoms with van der Waals surface area (Å²) in [5.74, 6) is -0.0204. The van der Waals surface area contributed by atoms with Gasteiger partial charge >= 0.3 is 0 Å². The van der Waals surface area contributed by atoms with Gasteiger partial charge in [0.2, 0.25) is 10.0 Å². The monoisotopic (exact) mass is 308 g/mol. The molecule has 2 unspecified atom stereocenters. The maximum atomic E-state index is 12.4. The van der Waals surface area contributed by atoms with E-state index in [9.17, 15) is 13.5 Å². The van der Waals surface area contributed by atoms with E-state index in [1.807, 2.05) is 6.07 Å². The fourth-order valence-corrected chi connectivity index (χ4v) is 4.20. The first-order chi connectivity index (χ1) is 9.97. The van der Waals surface area contributed by atoms with Gasteiger partial charge in [-0.15, -0.1) is 0 Å². The van der Waals surface area contributed by atoms with Gasteiger partial charge in [-0.05, 0) is 49.4 Å². The Kier molecular flexibility index (Phi) is 4.99. The molecule has 1 saturated carbocycles. The third-order valence-corrected chi connectivity index (χ3v) is 5.57. The van der Waals surface area contributed by atoms with Crippen LogP contribution in [0, 0.1) is 24.2 Å². The van der Waals surface area contributed by atoms with Crippen LogP contribution in [0.2, 0.25) is 0 Å². The number of nitrogens with one attached hydrogen (secondary N) is 1. The highest BCUT2D eigenvalue weighted by Gasteiger charge is 2.29. The van der Waals surface area contributed by atoms with E-state index in [-0.39, 0.29) is 23.5 Å². The van der Waals surface area contributed by atoms with E-state index in [0.29, 0.717) is 11.1 Å². The van der Waals surface area contributed by atoms with Crippen molar-refractivity contribution in [3.05, 3.63) is 29.3 Å². The predicted molar refractivity (Wildman–Crippen MR) is 79.0 cm³/mol. The molecule has 0 amide bonds. The van der Waals surface area contributed by atoms with Crippen molar-refractivity contribution in [2.75, 3.05) is 6.61 Å². The maximum absolute atomic E-state index is 12.4. The first kappa shape index (κ1) is 16.0. The molecule has 0 saturated heterocycles. The molecule has 0 spiro atoms. The highest BCUT2D eigenvalue weighted by molar-refractivity contribution is 7.89. The van der Waals surface area contributed by atoms with E-state index < -0.39 is 10.0 Å². The van der Waals surface area contributed by atoms with Crippen LogP contribution < -0.4 is 4.72 Å². The van der Waals surface area contributed by atoms with Crippen molar-refractivity contribution in [2.45, 2.75) is 43.5 Å². The van der Waals surface area contributed by atoms with E-state index in [4.69, 9.17) is 5.26 Å². The lowest BCUT2D eigenvalue weighted by Gasteiger charge is -2.30. The molecule has 0 aliphatic heterocycles. The van der Waals surface area contributed by atoms with E-state index in [1.54, 1.807) is 6.92 Å². The molecule has 2 atom stereocenters. The number of aryl methyl sites for hydroxylation is 1. The molecule has 1 aromatic carbocycles. The lowest BCUT2D eigenvalue weighted by molar-refractivity contribution is 0.164. The number of nitriles is 1. The number of nitrogens with zero attached hydrogens (tertiary/aromatic N) is 1. The Bertz CT molecular complexity index is 649. The van der Waals surface area contributed by atoms with Crippen LogP contribution in [0.4, 0.5) is 0 Å². The molecule has 0 heterocycles. The molecule has 2 rings (SSSR count). The summed E-state index contributed by atoms with van der Waals surface area (Å²) < 4.78 is 27.6. The first-order valence-electron chi connectivity index (χ1n) is 7.12. The quantitative estimate of drug-likeness (QED) is 0.885. The van der Waals surface area contributed by atoms with Crippen LogP contribution in [-0.4, -0.2) is 26.2 Å². The normalized spacial score (nSPS) is 22.7. The van der Waals surface area contributed by atoms with E-state index in [2.05, 4.69) is 4.72 Å². The smallest absolute Gasteiger partial charge is 0.240 e. The molecule has 21 heavy (non-hydrogen) atoms. The third kappa shape index (κ3) is 3.62. The predicted octanol–water partition coefficient (Wildman–Crippen LogP) is 1.70. The van der Waals surface area contributed by atoms with Gasteiger partial charge in [0.15, 0.2) is 0 Å². The summed E-state index contributed by atoms with van der Waals surface area (Å²) in [6.07, 6.45) is 3.59. The first-order valence-corrected chi connectivity index (χ1v) is 8.60. The number of benzene rings is 1. The largest absolute Gasteiger partial charge is 0.396 e. The maximum Gasteiger partial charge on any atom is 0.240 e. The second kappa shape index (κ2) is 6.56. The molecule has 2 N–H and O–H groups in total. The number of hydrogen-bond acceptors (Lipinski definition) is 4. The summed E-state index contributed by atoms with van der Waals surface area (Å²) in [7, 11) is -3.62. The number of aliphatic hydroxyl groups is 1. The minimum absolute atomic E-state index is 0.000412. The van der Waals surface area contributed by atoms with Gasteiger partial charge in [-0.25, -0.2) is 13.1 Å². The molecule has 1 aromatic rings. The molecule has 1 aliphatic carbocycles. The van der Waals surface area contributed by atoms with Gasteiger partial charge in [0.1, 0.15) is 0 Å². The van der Waals surface area contributed by atoms with Crippen molar-refractivity contribution in [2.24, 2.45) is 5.92 Å². The fraction of sp³-hybridized carbons (Fsp3) is 0.533. The van der Waals surface area contributed by atoms with Crippen LogP contribution in [0.1, 0.15) is 36.8 Å². The van der Waals surface area contributed by atoms with E-state index in [0.717, 1.165) is 25.7 Å². The SMILES string of the molecule is Cc1cc(S(=O)(=O)NC2CCCCC2CO)ccc1C#N. The number of rotatable bonds is 4. The second-order valence-electron chi connectivity index (χ2n) is 5.54. The van der Waals surface area contributed by atoms with Gasteiger partial charge in [0, 0.05) is 12.6 Å². The van der Waals surface area contributed by atoms with Crippen molar-refractivity contribution in [3.8, 4) is 6.07 Å². The van der Waals surface area contributed by atoms with Crippen LogP contribution in [0.3, 0.4) is 0 Å². The summed E-state index contributed by atoms with van der Waals surface area (Å²) >= 11 is 0. The Morgan fingerprint density at radius 1 is 1.38 bits per heavy atom. The van der Waals surface area contributed by atoms with Crippen molar-refractivity contribution < 1.29 is 13.5 Å². The lowest BCUT2D eigenvalue weighted by Crippen LogP contribution is -2.43. The molecular weight excluding hydrogens is 288 g/mol. The molecule has 1 fully saturated rings. The average molecular weight is 308 g/mol. The van der Waals surface area contributed by atoms with Crippen LogP contribution >= 0.6 is 0 Å². The zero-order valence-corrected chi connectivity index (χ0v) is 12.9. The molecule has 5 nitrogen and oxygen atoms in total. The zero-order chi connectivity index (χ0) is 15.5. The van der Waals surface area contributed by atoms with Crippen LogP contribution in [0.25, 0.3) is 0 Å². The van der Waals surface area contributed by atoms with Crippen molar-refractivity contribution in [3.63, 3.8) is 0 Å². The molecule has 6 heteroatoms. The van der Waals surface area contributed by atoms with Crippen molar-refractivity contribution in [1.29, 1.82) is 5.26 Å². The number of sulfonamides is 1. The lowest BCUT2D eigenvalue weighted by atomic mass is 9.86. The Morgan fingerprint density at radius 3 is 2.71 bits per heavy atom. The van der Waals surface area contributed by atoms with Crippen LogP contribution in [0.15, 0.2) is 23.1 Å². The van der Waals surface area contributed by atoms with Gasteiger partial charge in [-0.1, -0.05) is 12.8 Å². The van der Waals surface area contributed by atoms with Gasteiger partial charge in [-0.2, -0.15) is 5.26 Å². The van der Waals surface area contributed by atoms with E-state index in [1.165, 1.54) is 18.2 Å². The summed E-state index contributed by atoms with van der Waals surface area (Å²) in [6.45, 7) is 1.72. The van der Waals surface area contributed by atoms with Crippen molar-refractivity contribution >= 4 is 10.0 Å². The molecule has 0 radical (unpaired) electrons. The summed E-state index contributed by atoms with van der Waals surface area (Å²) in [6, 6.07) is 6.29. The number of aliphatic hydroxyl groups excluding tert-OH is 1. The standard InChI is InChI=1S/C15H20N2O3S/c1-11-8-14(7-6-12(11)9-16)21(19,20)17-15-5-3-2-4-13(15)10-18/h6-8,13,15,17-18H,2-5,10H2,1H3. The van der Waals surface area contributed by atoms with Gasteiger partial charge < -0.3 is 5.11 Å². The molecular formula is C15H20N2O3S. The van der Waals surface area contributed by atoms with Gasteiger partial charge in [0.05, 0.1) is 16.5 Å². The Hall–Kier alpha value is -1.42. The Balaban J connectivity index is 2.22. The minimum Gasteiger partial charge on any atom is -0.396 e. The van der Waals surface area contributed by atoms with Crippen molar-refractivity contribution in [1.82, 2.24) is 4.72 Å². The van der Waals surface area contributed by atoms with Crippen LogP contribution in [-0.2, 0) is 10.0 Å².